The molecule has 1 heterocycles. The van der Waals surface area contributed by atoms with Crippen LogP contribution in [-0.2, 0) is 26.0 Å². The van der Waals surface area contributed by atoms with Crippen molar-refractivity contribution < 1.29 is 22.7 Å². The Hall–Kier alpha value is -2.87. The third-order valence-electron chi connectivity index (χ3n) is 4.95. The number of sulfonamides is 1. The molecule has 0 saturated carbocycles. The van der Waals surface area contributed by atoms with Crippen molar-refractivity contribution in [2.45, 2.75) is 33.3 Å². The second kappa shape index (κ2) is 7.87. The second-order valence-electron chi connectivity index (χ2n) is 7.23. The smallest absolute Gasteiger partial charge is 0.338 e. The summed E-state index contributed by atoms with van der Waals surface area (Å²) in [7, 11) is -3.35. The average molecular weight is 416 g/mol. The first kappa shape index (κ1) is 20.9. The Bertz CT molecular complexity index is 1060. The number of esters is 1. The molecule has 0 unspecified atom stereocenters. The van der Waals surface area contributed by atoms with Gasteiger partial charge in [0, 0.05) is 12.2 Å². The van der Waals surface area contributed by atoms with Crippen LogP contribution in [0.3, 0.4) is 0 Å². The minimum atomic E-state index is -3.35. The zero-order chi connectivity index (χ0) is 21.3. The van der Waals surface area contributed by atoms with Crippen molar-refractivity contribution in [3.05, 3.63) is 58.7 Å². The van der Waals surface area contributed by atoms with Crippen LogP contribution in [0.25, 0.3) is 0 Å². The number of amides is 1. The van der Waals surface area contributed by atoms with Gasteiger partial charge in [-0.3, -0.25) is 9.10 Å². The second-order valence-corrected chi connectivity index (χ2v) is 9.14. The maximum absolute atomic E-state index is 12.5. The van der Waals surface area contributed by atoms with E-state index >= 15 is 0 Å². The molecule has 0 aliphatic carbocycles. The summed E-state index contributed by atoms with van der Waals surface area (Å²) in [6.45, 7) is 5.65. The molecule has 1 amide bonds. The molecule has 0 radical (unpaired) electrons. The Morgan fingerprint density at radius 1 is 1.14 bits per heavy atom. The lowest BCUT2D eigenvalue weighted by Gasteiger charge is -2.17. The Morgan fingerprint density at radius 3 is 2.41 bits per heavy atom. The summed E-state index contributed by atoms with van der Waals surface area (Å²) in [5, 5.41) is 2.81. The predicted molar refractivity (Wildman–Crippen MR) is 112 cm³/mol. The van der Waals surface area contributed by atoms with Gasteiger partial charge in [0.15, 0.2) is 6.10 Å². The number of anilines is 2. The number of nitrogens with one attached hydrogen (secondary N) is 1. The standard InChI is InChI=1S/C21H24N2O5S/c1-13-6-5-7-14(2)19(13)22-20(24)15(3)28-21(25)17-8-9-18-16(12-17)10-11-23(18)29(4,26)27/h5-9,12,15H,10-11H2,1-4H3,(H,22,24)/t15-/m0/s1. The number of hydrogen-bond donors (Lipinski definition) is 1. The van der Waals surface area contributed by atoms with E-state index in [9.17, 15) is 18.0 Å². The first-order valence-electron chi connectivity index (χ1n) is 9.26. The number of benzene rings is 2. The van der Waals surface area contributed by atoms with E-state index < -0.39 is 28.0 Å². The zero-order valence-electron chi connectivity index (χ0n) is 16.9. The molecule has 2 aromatic rings. The Balaban J connectivity index is 1.70. The van der Waals surface area contributed by atoms with Gasteiger partial charge in [-0.05, 0) is 62.1 Å². The first-order valence-corrected chi connectivity index (χ1v) is 11.1. The van der Waals surface area contributed by atoms with E-state index in [1.165, 1.54) is 17.3 Å². The molecule has 0 fully saturated rings. The lowest BCUT2D eigenvalue weighted by Crippen LogP contribution is -2.30. The topological polar surface area (TPSA) is 92.8 Å². The van der Waals surface area contributed by atoms with Gasteiger partial charge in [0.25, 0.3) is 5.91 Å². The lowest BCUT2D eigenvalue weighted by atomic mass is 10.1. The number of carbonyl (C=O) groups excluding carboxylic acids is 2. The molecule has 1 aliphatic rings. The number of rotatable bonds is 5. The van der Waals surface area contributed by atoms with Gasteiger partial charge in [0.2, 0.25) is 10.0 Å². The van der Waals surface area contributed by atoms with Crippen molar-refractivity contribution in [1.29, 1.82) is 0 Å². The predicted octanol–water partition coefficient (Wildman–Crippen LogP) is 2.81. The minimum Gasteiger partial charge on any atom is -0.449 e. The van der Waals surface area contributed by atoms with Crippen LogP contribution in [0.1, 0.15) is 34.0 Å². The Morgan fingerprint density at radius 2 is 1.79 bits per heavy atom. The number of hydrogen-bond acceptors (Lipinski definition) is 5. The van der Waals surface area contributed by atoms with Crippen LogP contribution in [0.4, 0.5) is 11.4 Å². The summed E-state index contributed by atoms with van der Waals surface area (Å²) in [4.78, 5) is 25.0. The molecule has 7 nitrogen and oxygen atoms in total. The van der Waals surface area contributed by atoms with Gasteiger partial charge in [0.1, 0.15) is 0 Å². The van der Waals surface area contributed by atoms with Crippen LogP contribution < -0.4 is 9.62 Å². The van der Waals surface area contributed by atoms with Gasteiger partial charge in [-0.1, -0.05) is 18.2 Å². The monoisotopic (exact) mass is 416 g/mol. The van der Waals surface area contributed by atoms with Gasteiger partial charge >= 0.3 is 5.97 Å². The number of ether oxygens (including phenoxy) is 1. The Labute approximate surface area is 170 Å². The fourth-order valence-corrected chi connectivity index (χ4v) is 4.32. The normalized spacial score (nSPS) is 14.3. The summed E-state index contributed by atoms with van der Waals surface area (Å²) in [6.07, 6.45) is 0.689. The van der Waals surface area contributed by atoms with Gasteiger partial charge in [-0.2, -0.15) is 0 Å². The van der Waals surface area contributed by atoms with E-state index in [1.807, 2.05) is 32.0 Å². The first-order chi connectivity index (χ1) is 13.6. The summed E-state index contributed by atoms with van der Waals surface area (Å²) in [5.74, 6) is -1.05. The number of fused-ring (bicyclic) bond motifs is 1. The summed E-state index contributed by atoms with van der Waals surface area (Å²) < 4.78 is 30.3. The third-order valence-corrected chi connectivity index (χ3v) is 6.13. The molecule has 0 saturated heterocycles. The number of carbonyl (C=O) groups is 2. The zero-order valence-corrected chi connectivity index (χ0v) is 17.7. The highest BCUT2D eigenvalue weighted by atomic mass is 32.2. The maximum Gasteiger partial charge on any atom is 0.338 e. The van der Waals surface area contributed by atoms with Crippen LogP contribution in [-0.4, -0.2) is 39.2 Å². The fourth-order valence-electron chi connectivity index (χ4n) is 3.36. The molecular weight excluding hydrogens is 392 g/mol. The highest BCUT2D eigenvalue weighted by molar-refractivity contribution is 7.92. The van der Waals surface area contributed by atoms with Crippen LogP contribution in [0.5, 0.6) is 0 Å². The van der Waals surface area contributed by atoms with Crippen molar-refractivity contribution in [2.24, 2.45) is 0 Å². The molecule has 0 spiro atoms. The Kier molecular flexibility index (Phi) is 5.66. The number of para-hydroxylation sites is 1. The fraction of sp³-hybridized carbons (Fsp3) is 0.333. The molecule has 154 valence electrons. The molecule has 0 aromatic heterocycles. The average Bonchev–Trinajstić information content (AvgIpc) is 3.08. The van der Waals surface area contributed by atoms with Crippen LogP contribution in [0.2, 0.25) is 0 Å². The van der Waals surface area contributed by atoms with Crippen LogP contribution in [0.15, 0.2) is 36.4 Å². The van der Waals surface area contributed by atoms with Crippen LogP contribution in [0, 0.1) is 13.8 Å². The highest BCUT2D eigenvalue weighted by Gasteiger charge is 2.27. The summed E-state index contributed by atoms with van der Waals surface area (Å²) in [5.41, 5.74) is 4.17. The quantitative estimate of drug-likeness (QED) is 0.757. The van der Waals surface area contributed by atoms with E-state index in [4.69, 9.17) is 4.74 Å². The number of aryl methyl sites for hydroxylation is 2. The van der Waals surface area contributed by atoms with Gasteiger partial charge < -0.3 is 10.1 Å². The molecule has 1 aliphatic heterocycles. The van der Waals surface area contributed by atoms with Gasteiger partial charge in [-0.25, -0.2) is 13.2 Å². The third kappa shape index (κ3) is 4.42. The summed E-state index contributed by atoms with van der Waals surface area (Å²) in [6, 6.07) is 10.4. The van der Waals surface area contributed by atoms with Crippen molar-refractivity contribution in [3.8, 4) is 0 Å². The maximum atomic E-state index is 12.5. The number of nitrogens with zero attached hydrogens (tertiary/aromatic N) is 1. The van der Waals surface area contributed by atoms with Crippen molar-refractivity contribution >= 4 is 33.3 Å². The van der Waals surface area contributed by atoms with Crippen molar-refractivity contribution in [1.82, 2.24) is 0 Å². The van der Waals surface area contributed by atoms with E-state index in [0.717, 1.165) is 22.9 Å². The van der Waals surface area contributed by atoms with Crippen molar-refractivity contribution in [3.63, 3.8) is 0 Å². The molecule has 2 aromatic carbocycles. The van der Waals surface area contributed by atoms with Crippen LogP contribution >= 0.6 is 0 Å². The molecule has 1 N–H and O–H groups in total. The molecule has 3 rings (SSSR count). The van der Waals surface area contributed by atoms with E-state index in [2.05, 4.69) is 5.32 Å². The lowest BCUT2D eigenvalue weighted by molar-refractivity contribution is -0.123. The van der Waals surface area contributed by atoms with E-state index in [0.29, 0.717) is 24.3 Å². The minimum absolute atomic E-state index is 0.283. The molecule has 29 heavy (non-hydrogen) atoms. The largest absolute Gasteiger partial charge is 0.449 e. The van der Waals surface area contributed by atoms with E-state index in [-0.39, 0.29) is 5.56 Å². The van der Waals surface area contributed by atoms with Gasteiger partial charge in [-0.15, -0.1) is 0 Å². The molecule has 0 bridgehead atoms. The molecule has 8 heteroatoms. The molecule has 1 atom stereocenters. The molecular formula is C21H24N2O5S. The highest BCUT2D eigenvalue weighted by Crippen LogP contribution is 2.31. The van der Waals surface area contributed by atoms with E-state index in [1.54, 1.807) is 12.1 Å². The van der Waals surface area contributed by atoms with Gasteiger partial charge in [0.05, 0.1) is 17.5 Å². The van der Waals surface area contributed by atoms with Crippen molar-refractivity contribution in [2.75, 3.05) is 22.4 Å². The SMILES string of the molecule is Cc1cccc(C)c1NC(=O)[C@H](C)OC(=O)c1ccc2c(c1)CCN2S(C)(=O)=O. The summed E-state index contributed by atoms with van der Waals surface area (Å²) >= 11 is 0.